The van der Waals surface area contributed by atoms with Gasteiger partial charge in [-0.3, -0.25) is 4.79 Å². The maximum Gasteiger partial charge on any atom is 0.224 e. The van der Waals surface area contributed by atoms with E-state index in [0.717, 1.165) is 19.5 Å². The third-order valence-electron chi connectivity index (χ3n) is 2.61. The molecule has 6 heteroatoms. The van der Waals surface area contributed by atoms with Crippen LogP contribution in [-0.2, 0) is 4.79 Å². The van der Waals surface area contributed by atoms with Crippen molar-refractivity contribution in [1.82, 2.24) is 14.9 Å². The number of anilines is 1. The molecule has 1 atom stereocenters. The molecule has 1 saturated heterocycles. The standard InChI is InChI=1S/C10H13ClN4O/c1-7(16)15-5-3-8(6-15)13-9-2-4-12-10(11)14-9/h2,4,8H,3,5-6H2,1H3,(H,12,13,14). The topological polar surface area (TPSA) is 58.1 Å². The molecule has 1 unspecified atom stereocenters. The van der Waals surface area contributed by atoms with Gasteiger partial charge in [0.2, 0.25) is 11.2 Å². The molecule has 0 aromatic carbocycles. The van der Waals surface area contributed by atoms with Crippen molar-refractivity contribution >= 4 is 23.3 Å². The highest BCUT2D eigenvalue weighted by Crippen LogP contribution is 2.14. The van der Waals surface area contributed by atoms with E-state index in [1.807, 2.05) is 4.90 Å². The Labute approximate surface area is 98.8 Å². The number of nitrogens with zero attached hydrogens (tertiary/aromatic N) is 3. The average molecular weight is 241 g/mol. The van der Waals surface area contributed by atoms with Gasteiger partial charge in [0.1, 0.15) is 5.82 Å². The summed E-state index contributed by atoms with van der Waals surface area (Å²) in [6, 6.07) is 2.01. The van der Waals surface area contributed by atoms with Crippen molar-refractivity contribution in [3.8, 4) is 0 Å². The van der Waals surface area contributed by atoms with E-state index in [-0.39, 0.29) is 17.2 Å². The first kappa shape index (κ1) is 11.1. The fourth-order valence-electron chi connectivity index (χ4n) is 1.79. The Kier molecular flexibility index (Phi) is 3.24. The predicted octanol–water partition coefficient (Wildman–Crippen LogP) is 1.16. The summed E-state index contributed by atoms with van der Waals surface area (Å²) in [6.07, 6.45) is 2.54. The van der Waals surface area contributed by atoms with E-state index < -0.39 is 0 Å². The van der Waals surface area contributed by atoms with Crippen LogP contribution in [0.2, 0.25) is 5.28 Å². The molecule has 1 aromatic heterocycles. The molecule has 86 valence electrons. The number of rotatable bonds is 2. The number of carbonyl (C=O) groups is 1. The summed E-state index contributed by atoms with van der Waals surface area (Å²) in [5, 5.41) is 3.47. The van der Waals surface area contributed by atoms with Crippen LogP contribution in [0.4, 0.5) is 5.82 Å². The van der Waals surface area contributed by atoms with Crippen LogP contribution >= 0.6 is 11.6 Å². The zero-order valence-corrected chi connectivity index (χ0v) is 9.74. The smallest absolute Gasteiger partial charge is 0.224 e. The SMILES string of the molecule is CC(=O)N1CCC(Nc2ccnc(Cl)n2)C1. The third kappa shape index (κ3) is 2.61. The zero-order chi connectivity index (χ0) is 11.5. The van der Waals surface area contributed by atoms with E-state index in [0.29, 0.717) is 5.82 Å². The van der Waals surface area contributed by atoms with Gasteiger partial charge < -0.3 is 10.2 Å². The van der Waals surface area contributed by atoms with Gasteiger partial charge in [-0.25, -0.2) is 9.97 Å². The minimum atomic E-state index is 0.116. The maximum atomic E-state index is 11.1. The Morgan fingerprint density at radius 3 is 3.12 bits per heavy atom. The second-order valence-electron chi connectivity index (χ2n) is 3.81. The minimum absolute atomic E-state index is 0.116. The number of likely N-dealkylation sites (tertiary alicyclic amines) is 1. The molecule has 0 saturated carbocycles. The monoisotopic (exact) mass is 240 g/mol. The first-order chi connectivity index (χ1) is 7.65. The Balaban J connectivity index is 1.94. The average Bonchev–Trinajstić information content (AvgIpc) is 2.66. The highest BCUT2D eigenvalue weighted by atomic mass is 35.5. The molecule has 16 heavy (non-hydrogen) atoms. The molecule has 1 N–H and O–H groups in total. The van der Waals surface area contributed by atoms with Crippen molar-refractivity contribution in [1.29, 1.82) is 0 Å². The van der Waals surface area contributed by atoms with Gasteiger partial charge in [-0.15, -0.1) is 0 Å². The third-order valence-corrected chi connectivity index (χ3v) is 2.79. The summed E-state index contributed by atoms with van der Waals surface area (Å²) >= 11 is 5.68. The van der Waals surface area contributed by atoms with Crippen LogP contribution in [0.1, 0.15) is 13.3 Å². The van der Waals surface area contributed by atoms with E-state index in [4.69, 9.17) is 11.6 Å². The van der Waals surface area contributed by atoms with Crippen LogP contribution in [0.25, 0.3) is 0 Å². The summed E-state index contributed by atoms with van der Waals surface area (Å²) in [6.45, 7) is 3.10. The molecule has 1 amide bonds. The largest absolute Gasteiger partial charge is 0.365 e. The first-order valence-corrected chi connectivity index (χ1v) is 5.53. The zero-order valence-electron chi connectivity index (χ0n) is 8.98. The lowest BCUT2D eigenvalue weighted by atomic mass is 10.2. The molecule has 5 nitrogen and oxygen atoms in total. The Bertz CT molecular complexity index is 398. The van der Waals surface area contributed by atoms with Gasteiger partial charge in [0, 0.05) is 32.3 Å². The summed E-state index contributed by atoms with van der Waals surface area (Å²) in [5.41, 5.74) is 0. The van der Waals surface area contributed by atoms with Crippen molar-refractivity contribution in [3.63, 3.8) is 0 Å². The molecular weight excluding hydrogens is 228 g/mol. The van der Waals surface area contributed by atoms with Crippen LogP contribution in [0, 0.1) is 0 Å². The predicted molar refractivity (Wildman–Crippen MR) is 61.3 cm³/mol. The number of hydrogen-bond donors (Lipinski definition) is 1. The quantitative estimate of drug-likeness (QED) is 0.789. The summed E-state index contributed by atoms with van der Waals surface area (Å²) < 4.78 is 0. The molecule has 1 fully saturated rings. The van der Waals surface area contributed by atoms with Gasteiger partial charge >= 0.3 is 0 Å². The normalized spacial score (nSPS) is 19.9. The second kappa shape index (κ2) is 4.65. The Hall–Kier alpha value is -1.36. The van der Waals surface area contributed by atoms with Crippen LogP contribution in [-0.4, -0.2) is 39.9 Å². The van der Waals surface area contributed by atoms with Gasteiger partial charge in [-0.2, -0.15) is 0 Å². The van der Waals surface area contributed by atoms with Crippen molar-refractivity contribution < 1.29 is 4.79 Å². The van der Waals surface area contributed by atoms with Crippen molar-refractivity contribution in [2.45, 2.75) is 19.4 Å². The molecule has 1 aliphatic rings. The van der Waals surface area contributed by atoms with Gasteiger partial charge in [0.05, 0.1) is 0 Å². The van der Waals surface area contributed by atoms with Crippen molar-refractivity contribution in [2.24, 2.45) is 0 Å². The second-order valence-corrected chi connectivity index (χ2v) is 4.14. The van der Waals surface area contributed by atoms with Gasteiger partial charge in [-0.1, -0.05) is 0 Å². The number of hydrogen-bond acceptors (Lipinski definition) is 4. The van der Waals surface area contributed by atoms with E-state index >= 15 is 0 Å². The van der Waals surface area contributed by atoms with Crippen molar-refractivity contribution in [3.05, 3.63) is 17.5 Å². The Morgan fingerprint density at radius 1 is 1.69 bits per heavy atom. The lowest BCUT2D eigenvalue weighted by Gasteiger charge is -2.15. The number of aromatic nitrogens is 2. The molecule has 2 rings (SSSR count). The summed E-state index contributed by atoms with van der Waals surface area (Å²) in [7, 11) is 0. The molecular formula is C10H13ClN4O. The molecule has 0 spiro atoms. The highest BCUT2D eigenvalue weighted by Gasteiger charge is 2.24. The fraction of sp³-hybridized carbons (Fsp3) is 0.500. The Morgan fingerprint density at radius 2 is 2.50 bits per heavy atom. The van der Waals surface area contributed by atoms with E-state index in [1.165, 1.54) is 0 Å². The highest BCUT2D eigenvalue weighted by molar-refractivity contribution is 6.28. The van der Waals surface area contributed by atoms with E-state index in [1.54, 1.807) is 19.2 Å². The molecule has 2 heterocycles. The number of halogens is 1. The van der Waals surface area contributed by atoms with Gasteiger partial charge in [0.15, 0.2) is 0 Å². The molecule has 0 bridgehead atoms. The number of carbonyl (C=O) groups excluding carboxylic acids is 1. The molecule has 0 radical (unpaired) electrons. The lowest BCUT2D eigenvalue weighted by molar-refractivity contribution is -0.127. The van der Waals surface area contributed by atoms with Crippen LogP contribution in [0.15, 0.2) is 12.3 Å². The molecule has 1 aliphatic heterocycles. The molecule has 1 aromatic rings. The van der Waals surface area contributed by atoms with E-state index in [9.17, 15) is 4.79 Å². The molecule has 0 aliphatic carbocycles. The fourth-order valence-corrected chi connectivity index (χ4v) is 1.94. The van der Waals surface area contributed by atoms with Crippen LogP contribution < -0.4 is 5.32 Å². The number of amides is 1. The van der Waals surface area contributed by atoms with Crippen LogP contribution in [0.3, 0.4) is 0 Å². The van der Waals surface area contributed by atoms with Crippen LogP contribution in [0.5, 0.6) is 0 Å². The lowest BCUT2D eigenvalue weighted by Crippen LogP contribution is -2.29. The maximum absolute atomic E-state index is 11.1. The van der Waals surface area contributed by atoms with E-state index in [2.05, 4.69) is 15.3 Å². The summed E-state index contributed by atoms with van der Waals surface area (Å²) in [5.74, 6) is 0.820. The minimum Gasteiger partial charge on any atom is -0.365 e. The first-order valence-electron chi connectivity index (χ1n) is 5.16. The summed E-state index contributed by atoms with van der Waals surface area (Å²) in [4.78, 5) is 20.8. The van der Waals surface area contributed by atoms with Crippen molar-refractivity contribution in [2.75, 3.05) is 18.4 Å². The van der Waals surface area contributed by atoms with Gasteiger partial charge in [0.25, 0.3) is 0 Å². The number of nitrogens with one attached hydrogen (secondary N) is 1. The van der Waals surface area contributed by atoms with Gasteiger partial charge in [-0.05, 0) is 24.1 Å².